The molecule has 1 aromatic heterocycles. The molecule has 0 aliphatic carbocycles. The Morgan fingerprint density at radius 1 is 1.45 bits per heavy atom. The topological polar surface area (TPSA) is 54.0 Å². The molecule has 5 heteroatoms. The second-order valence-corrected chi connectivity index (χ2v) is 6.47. The van der Waals surface area contributed by atoms with Gasteiger partial charge < -0.3 is 10.6 Å². The molecule has 2 N–H and O–H groups in total. The van der Waals surface area contributed by atoms with Crippen LogP contribution in [-0.4, -0.2) is 35.0 Å². The Bertz CT molecular complexity index is 416. The molecule has 0 bridgehead atoms. The van der Waals surface area contributed by atoms with Crippen molar-refractivity contribution in [3.63, 3.8) is 0 Å². The molecule has 0 aromatic carbocycles. The zero-order valence-electron chi connectivity index (χ0n) is 12.0. The summed E-state index contributed by atoms with van der Waals surface area (Å²) >= 11 is 1.97. The van der Waals surface area contributed by atoms with E-state index in [4.69, 9.17) is 0 Å². The molecule has 0 radical (unpaired) electrons. The van der Waals surface area contributed by atoms with Gasteiger partial charge in [-0.2, -0.15) is 11.8 Å². The number of hydrogen-bond acceptors (Lipinski definition) is 4. The van der Waals surface area contributed by atoms with Crippen molar-refractivity contribution in [3.05, 3.63) is 24.0 Å². The van der Waals surface area contributed by atoms with E-state index in [0.29, 0.717) is 10.9 Å². The maximum atomic E-state index is 12.0. The van der Waals surface area contributed by atoms with Gasteiger partial charge in [0.25, 0.3) is 5.91 Å². The van der Waals surface area contributed by atoms with Crippen LogP contribution in [0.25, 0.3) is 0 Å². The minimum atomic E-state index is -0.0711. The Balaban J connectivity index is 1.79. The van der Waals surface area contributed by atoms with Gasteiger partial charge in [-0.3, -0.25) is 4.79 Å². The Morgan fingerprint density at radius 3 is 3.00 bits per heavy atom. The van der Waals surface area contributed by atoms with E-state index in [1.807, 2.05) is 17.8 Å². The first-order chi connectivity index (χ1) is 9.79. The maximum absolute atomic E-state index is 12.0. The molecular weight excluding hydrogens is 270 g/mol. The fourth-order valence-corrected chi connectivity index (χ4v) is 3.41. The first-order valence-corrected chi connectivity index (χ1v) is 8.44. The molecule has 0 spiro atoms. The van der Waals surface area contributed by atoms with Crippen molar-refractivity contribution >= 4 is 23.4 Å². The number of carbonyl (C=O) groups excluding carboxylic acids is 1. The molecule has 1 fully saturated rings. The van der Waals surface area contributed by atoms with Crippen molar-refractivity contribution in [1.29, 1.82) is 0 Å². The van der Waals surface area contributed by atoms with E-state index in [1.54, 1.807) is 12.3 Å². The summed E-state index contributed by atoms with van der Waals surface area (Å²) in [5.41, 5.74) is 1.46. The number of amides is 1. The summed E-state index contributed by atoms with van der Waals surface area (Å²) in [5.74, 6) is 1.15. The molecule has 1 saturated heterocycles. The number of nitrogens with zero attached hydrogens (tertiary/aromatic N) is 1. The van der Waals surface area contributed by atoms with Gasteiger partial charge in [-0.05, 0) is 37.1 Å². The van der Waals surface area contributed by atoms with E-state index in [-0.39, 0.29) is 5.91 Å². The molecule has 20 heavy (non-hydrogen) atoms. The third kappa shape index (κ3) is 4.71. The first kappa shape index (κ1) is 15.2. The lowest BCUT2D eigenvalue weighted by atomic mass is 10.2. The number of carbonyl (C=O) groups is 1. The van der Waals surface area contributed by atoms with Gasteiger partial charge in [0.1, 0.15) is 5.69 Å². The van der Waals surface area contributed by atoms with E-state index >= 15 is 0 Å². The molecule has 2 heterocycles. The van der Waals surface area contributed by atoms with Crippen LogP contribution in [0.4, 0.5) is 5.69 Å². The van der Waals surface area contributed by atoms with Crippen LogP contribution < -0.4 is 10.6 Å². The largest absolute Gasteiger partial charge is 0.384 e. The summed E-state index contributed by atoms with van der Waals surface area (Å²) in [6.45, 7) is 3.79. The summed E-state index contributed by atoms with van der Waals surface area (Å²) in [7, 11) is 0. The lowest BCUT2D eigenvalue weighted by molar-refractivity contribution is 0.0948. The van der Waals surface area contributed by atoms with Gasteiger partial charge in [-0.15, -0.1) is 0 Å². The summed E-state index contributed by atoms with van der Waals surface area (Å²) in [6.07, 6.45) is 6.59. The first-order valence-electron chi connectivity index (χ1n) is 7.39. The number of aromatic nitrogens is 1. The average Bonchev–Trinajstić information content (AvgIpc) is 2.52. The van der Waals surface area contributed by atoms with Gasteiger partial charge in [0.2, 0.25) is 0 Å². The van der Waals surface area contributed by atoms with Gasteiger partial charge in [-0.1, -0.05) is 13.3 Å². The van der Waals surface area contributed by atoms with Crippen molar-refractivity contribution in [1.82, 2.24) is 10.3 Å². The smallest absolute Gasteiger partial charge is 0.269 e. The predicted molar refractivity (Wildman–Crippen MR) is 85.4 cm³/mol. The number of pyridine rings is 1. The van der Waals surface area contributed by atoms with Gasteiger partial charge in [-0.25, -0.2) is 4.98 Å². The van der Waals surface area contributed by atoms with Gasteiger partial charge in [0.05, 0.1) is 11.9 Å². The second-order valence-electron chi connectivity index (χ2n) is 5.06. The van der Waals surface area contributed by atoms with E-state index in [9.17, 15) is 4.79 Å². The van der Waals surface area contributed by atoms with Crippen LogP contribution in [0.15, 0.2) is 18.3 Å². The summed E-state index contributed by atoms with van der Waals surface area (Å²) in [4.78, 5) is 16.2. The van der Waals surface area contributed by atoms with Crippen LogP contribution in [0.2, 0.25) is 0 Å². The quantitative estimate of drug-likeness (QED) is 0.847. The third-order valence-electron chi connectivity index (χ3n) is 3.34. The van der Waals surface area contributed by atoms with Gasteiger partial charge in [0.15, 0.2) is 0 Å². The molecule has 1 amide bonds. The van der Waals surface area contributed by atoms with Crippen LogP contribution in [0, 0.1) is 0 Å². The number of rotatable bonds is 6. The third-order valence-corrected chi connectivity index (χ3v) is 4.74. The molecule has 4 nitrogen and oxygen atoms in total. The molecule has 110 valence electrons. The molecule has 1 aliphatic heterocycles. The lowest BCUT2D eigenvalue weighted by Gasteiger charge is -2.21. The number of thioether (sulfide) groups is 1. The average molecular weight is 293 g/mol. The highest BCUT2D eigenvalue weighted by Gasteiger charge is 2.15. The number of anilines is 1. The standard InChI is InChI=1S/C15H23N3OS/c1-2-8-16-12-6-7-14(17-10-12)15(19)18-11-13-5-3-4-9-20-13/h6-7,10,13,16H,2-5,8-9,11H2,1H3,(H,18,19). The molecular formula is C15H23N3OS. The van der Waals surface area contributed by atoms with Crippen LogP contribution in [-0.2, 0) is 0 Å². The fraction of sp³-hybridized carbons (Fsp3) is 0.600. The monoisotopic (exact) mass is 293 g/mol. The second kappa shape index (κ2) is 8.15. The Kier molecular flexibility index (Phi) is 6.18. The zero-order chi connectivity index (χ0) is 14.2. The lowest BCUT2D eigenvalue weighted by Crippen LogP contribution is -2.32. The Labute approximate surface area is 125 Å². The van der Waals surface area contributed by atoms with Crippen molar-refractivity contribution in [3.8, 4) is 0 Å². The van der Waals surface area contributed by atoms with Gasteiger partial charge in [0, 0.05) is 18.3 Å². The molecule has 1 aliphatic rings. The Morgan fingerprint density at radius 2 is 2.35 bits per heavy atom. The minimum absolute atomic E-state index is 0.0711. The summed E-state index contributed by atoms with van der Waals surface area (Å²) in [5, 5.41) is 6.80. The minimum Gasteiger partial charge on any atom is -0.384 e. The van der Waals surface area contributed by atoms with E-state index < -0.39 is 0 Å². The zero-order valence-corrected chi connectivity index (χ0v) is 12.8. The maximum Gasteiger partial charge on any atom is 0.269 e. The fourth-order valence-electron chi connectivity index (χ4n) is 2.17. The molecule has 1 aromatic rings. The predicted octanol–water partition coefficient (Wildman–Crippen LogP) is 2.92. The van der Waals surface area contributed by atoms with Crippen LogP contribution in [0.3, 0.4) is 0 Å². The van der Waals surface area contributed by atoms with Crippen molar-refractivity contribution in [2.75, 3.05) is 24.2 Å². The highest BCUT2D eigenvalue weighted by Crippen LogP contribution is 2.24. The molecule has 1 atom stereocenters. The molecule has 2 rings (SSSR count). The summed E-state index contributed by atoms with van der Waals surface area (Å²) < 4.78 is 0. The van der Waals surface area contributed by atoms with E-state index in [2.05, 4.69) is 22.5 Å². The SMILES string of the molecule is CCCNc1ccc(C(=O)NCC2CCCCS2)nc1. The van der Waals surface area contributed by atoms with Crippen molar-refractivity contribution < 1.29 is 4.79 Å². The van der Waals surface area contributed by atoms with Crippen molar-refractivity contribution in [2.24, 2.45) is 0 Å². The van der Waals surface area contributed by atoms with E-state index in [0.717, 1.165) is 25.2 Å². The molecule has 1 unspecified atom stereocenters. The highest BCUT2D eigenvalue weighted by atomic mass is 32.2. The van der Waals surface area contributed by atoms with Crippen LogP contribution in [0.1, 0.15) is 43.1 Å². The van der Waals surface area contributed by atoms with Crippen LogP contribution in [0.5, 0.6) is 0 Å². The number of nitrogens with one attached hydrogen (secondary N) is 2. The van der Waals surface area contributed by atoms with Crippen LogP contribution >= 0.6 is 11.8 Å². The van der Waals surface area contributed by atoms with Crippen molar-refractivity contribution in [2.45, 2.75) is 37.9 Å². The van der Waals surface area contributed by atoms with E-state index in [1.165, 1.54) is 25.0 Å². The normalized spacial score (nSPS) is 18.6. The van der Waals surface area contributed by atoms with Gasteiger partial charge >= 0.3 is 0 Å². The summed E-state index contributed by atoms with van der Waals surface area (Å²) in [6, 6.07) is 3.69. The number of hydrogen-bond donors (Lipinski definition) is 2. The Hall–Kier alpha value is -1.23. The highest BCUT2D eigenvalue weighted by molar-refractivity contribution is 7.99. The molecule has 0 saturated carbocycles.